The van der Waals surface area contributed by atoms with Crippen molar-refractivity contribution in [3.8, 4) is 11.5 Å². The van der Waals surface area contributed by atoms with E-state index in [0.717, 1.165) is 28.8 Å². The molecule has 0 saturated heterocycles. The zero-order chi connectivity index (χ0) is 24.4. The van der Waals surface area contributed by atoms with Gasteiger partial charge in [-0.05, 0) is 85.5 Å². The second-order valence-electron chi connectivity index (χ2n) is 8.54. The summed E-state index contributed by atoms with van der Waals surface area (Å²) in [7, 11) is 1.61. The number of ether oxygens (including phenoxy) is 2. The average Bonchev–Trinajstić information content (AvgIpc) is 2.83. The van der Waals surface area contributed by atoms with E-state index in [-0.39, 0.29) is 30.3 Å². The summed E-state index contributed by atoms with van der Waals surface area (Å²) in [6.07, 6.45) is 1.10. The number of carbonyl (C=O) groups excluding carboxylic acids is 2. The molecule has 34 heavy (non-hydrogen) atoms. The van der Waals surface area contributed by atoms with Crippen molar-refractivity contribution in [3.63, 3.8) is 0 Å². The Morgan fingerprint density at radius 2 is 1.76 bits per heavy atom. The Morgan fingerprint density at radius 1 is 1.09 bits per heavy atom. The smallest absolute Gasteiger partial charge is 0.232 e. The molecule has 0 aromatic heterocycles. The average molecular weight is 478 g/mol. The summed E-state index contributed by atoms with van der Waals surface area (Å²) in [4.78, 5) is 27.1. The molecule has 1 aliphatic rings. The van der Waals surface area contributed by atoms with E-state index in [9.17, 15) is 9.59 Å². The van der Waals surface area contributed by atoms with E-state index in [1.54, 1.807) is 24.1 Å². The molecule has 6 heteroatoms. The highest BCUT2D eigenvalue weighted by molar-refractivity contribution is 6.30. The van der Waals surface area contributed by atoms with Crippen molar-refractivity contribution in [1.29, 1.82) is 0 Å². The molecule has 0 spiro atoms. The van der Waals surface area contributed by atoms with E-state index in [4.69, 9.17) is 21.1 Å². The molecule has 0 aliphatic carbocycles. The molecule has 5 nitrogen and oxygen atoms in total. The van der Waals surface area contributed by atoms with Gasteiger partial charge in [-0.1, -0.05) is 30.7 Å². The van der Waals surface area contributed by atoms with Gasteiger partial charge in [0.15, 0.2) is 17.3 Å². The minimum absolute atomic E-state index is 0.0152. The van der Waals surface area contributed by atoms with Crippen LogP contribution in [0.15, 0.2) is 60.7 Å². The summed E-state index contributed by atoms with van der Waals surface area (Å²) < 4.78 is 11.8. The number of amides is 1. The number of anilines is 1. The monoisotopic (exact) mass is 477 g/mol. The van der Waals surface area contributed by atoms with Crippen LogP contribution in [0.3, 0.4) is 0 Å². The van der Waals surface area contributed by atoms with E-state index in [2.05, 4.69) is 6.92 Å². The standard InChI is InChI=1S/C28H28ClNO4/c1-5-17(2)34-26-16-24-21(14-25(26)33-4)15-27(32)30(23-12-8-19(9-13-23)18(3)31)28(24)20-6-10-22(29)11-7-20/h6-14,16-17,28H,5,15H2,1-4H3. The fourth-order valence-electron chi connectivity index (χ4n) is 4.23. The van der Waals surface area contributed by atoms with Crippen LogP contribution in [0.25, 0.3) is 0 Å². The fraction of sp³-hybridized carbons (Fsp3) is 0.286. The summed E-state index contributed by atoms with van der Waals surface area (Å²) >= 11 is 6.17. The topological polar surface area (TPSA) is 55.8 Å². The number of nitrogens with zero attached hydrogens (tertiary/aromatic N) is 1. The van der Waals surface area contributed by atoms with Gasteiger partial charge in [-0.15, -0.1) is 0 Å². The van der Waals surface area contributed by atoms with Gasteiger partial charge in [0.25, 0.3) is 0 Å². The minimum atomic E-state index is -0.387. The molecule has 176 valence electrons. The molecule has 0 N–H and O–H groups in total. The lowest BCUT2D eigenvalue weighted by Gasteiger charge is -2.38. The quantitative estimate of drug-likeness (QED) is 0.369. The summed E-state index contributed by atoms with van der Waals surface area (Å²) in [6.45, 7) is 5.61. The number of methoxy groups -OCH3 is 1. The summed E-state index contributed by atoms with van der Waals surface area (Å²) in [5.74, 6) is 1.20. The van der Waals surface area contributed by atoms with E-state index < -0.39 is 0 Å². The molecule has 3 aromatic rings. The van der Waals surface area contributed by atoms with Crippen LogP contribution < -0.4 is 14.4 Å². The van der Waals surface area contributed by atoms with Gasteiger partial charge in [-0.3, -0.25) is 9.59 Å². The lowest BCUT2D eigenvalue weighted by Crippen LogP contribution is -2.41. The number of halogens is 1. The Hall–Kier alpha value is -3.31. The van der Waals surface area contributed by atoms with Gasteiger partial charge in [0.05, 0.1) is 25.7 Å². The molecule has 2 atom stereocenters. The number of rotatable bonds is 7. The molecule has 1 heterocycles. The van der Waals surface area contributed by atoms with Gasteiger partial charge in [0.1, 0.15) is 0 Å². The molecule has 1 aliphatic heterocycles. The van der Waals surface area contributed by atoms with Crippen LogP contribution >= 0.6 is 11.6 Å². The highest BCUT2D eigenvalue weighted by Gasteiger charge is 2.36. The second kappa shape index (κ2) is 9.90. The molecule has 0 saturated carbocycles. The first-order chi connectivity index (χ1) is 16.3. The molecular formula is C28H28ClNO4. The number of benzene rings is 3. The maximum Gasteiger partial charge on any atom is 0.232 e. The molecule has 0 bridgehead atoms. The molecule has 4 rings (SSSR count). The van der Waals surface area contributed by atoms with Gasteiger partial charge >= 0.3 is 0 Å². The van der Waals surface area contributed by atoms with Crippen molar-refractivity contribution >= 4 is 29.0 Å². The van der Waals surface area contributed by atoms with Crippen LogP contribution in [-0.4, -0.2) is 24.9 Å². The largest absolute Gasteiger partial charge is 0.493 e. The number of hydrogen-bond acceptors (Lipinski definition) is 4. The number of hydrogen-bond donors (Lipinski definition) is 0. The third-order valence-electron chi connectivity index (χ3n) is 6.23. The number of carbonyl (C=O) groups is 2. The maximum absolute atomic E-state index is 13.5. The van der Waals surface area contributed by atoms with Gasteiger partial charge in [0.2, 0.25) is 5.91 Å². The van der Waals surface area contributed by atoms with E-state index in [1.165, 1.54) is 6.92 Å². The zero-order valence-electron chi connectivity index (χ0n) is 19.8. The minimum Gasteiger partial charge on any atom is -0.493 e. The predicted octanol–water partition coefficient (Wildman–Crippen LogP) is 6.41. The van der Waals surface area contributed by atoms with Gasteiger partial charge in [0, 0.05) is 16.3 Å². The molecule has 3 aromatic carbocycles. The Kier molecular flexibility index (Phi) is 6.94. The van der Waals surface area contributed by atoms with Crippen LogP contribution in [0.5, 0.6) is 11.5 Å². The molecular weight excluding hydrogens is 450 g/mol. The van der Waals surface area contributed by atoms with Crippen molar-refractivity contribution in [2.24, 2.45) is 0 Å². The predicted molar refractivity (Wildman–Crippen MR) is 134 cm³/mol. The first kappa shape index (κ1) is 23.8. The Labute approximate surface area is 205 Å². The normalized spacial score (nSPS) is 16.1. The Balaban J connectivity index is 1.89. The maximum atomic E-state index is 13.5. The van der Waals surface area contributed by atoms with E-state index in [0.29, 0.717) is 22.1 Å². The van der Waals surface area contributed by atoms with Crippen molar-refractivity contribution in [2.45, 2.75) is 45.8 Å². The van der Waals surface area contributed by atoms with Crippen molar-refractivity contribution in [2.75, 3.05) is 12.0 Å². The van der Waals surface area contributed by atoms with Gasteiger partial charge < -0.3 is 14.4 Å². The summed E-state index contributed by atoms with van der Waals surface area (Å²) in [5.41, 5.74) is 4.12. The second-order valence-corrected chi connectivity index (χ2v) is 8.97. The molecule has 1 amide bonds. The fourth-order valence-corrected chi connectivity index (χ4v) is 4.36. The first-order valence-corrected chi connectivity index (χ1v) is 11.8. The number of Topliss-reactive ketones (excluding diaryl/α,β-unsaturated/α-hetero) is 1. The third-order valence-corrected chi connectivity index (χ3v) is 6.48. The van der Waals surface area contributed by atoms with Crippen molar-refractivity contribution < 1.29 is 19.1 Å². The van der Waals surface area contributed by atoms with Gasteiger partial charge in [-0.2, -0.15) is 0 Å². The van der Waals surface area contributed by atoms with Gasteiger partial charge in [-0.25, -0.2) is 0 Å². The van der Waals surface area contributed by atoms with Crippen LogP contribution in [0, 0.1) is 0 Å². The Morgan fingerprint density at radius 3 is 2.35 bits per heavy atom. The lowest BCUT2D eigenvalue weighted by molar-refractivity contribution is -0.118. The SMILES string of the molecule is CCC(C)Oc1cc2c(cc1OC)CC(=O)N(c1ccc(C(C)=O)cc1)C2c1ccc(Cl)cc1. The van der Waals surface area contributed by atoms with Crippen LogP contribution in [-0.2, 0) is 11.2 Å². The number of ketones is 1. The van der Waals surface area contributed by atoms with Crippen LogP contribution in [0.4, 0.5) is 5.69 Å². The van der Waals surface area contributed by atoms with E-state index in [1.807, 2.05) is 55.5 Å². The first-order valence-electron chi connectivity index (χ1n) is 11.4. The number of fused-ring (bicyclic) bond motifs is 1. The van der Waals surface area contributed by atoms with Crippen molar-refractivity contribution in [1.82, 2.24) is 0 Å². The highest BCUT2D eigenvalue weighted by atomic mass is 35.5. The summed E-state index contributed by atoms with van der Waals surface area (Å²) in [6, 6.07) is 18.2. The van der Waals surface area contributed by atoms with Crippen LogP contribution in [0.1, 0.15) is 60.3 Å². The van der Waals surface area contributed by atoms with E-state index >= 15 is 0 Å². The molecule has 0 radical (unpaired) electrons. The highest BCUT2D eigenvalue weighted by Crippen LogP contribution is 2.43. The van der Waals surface area contributed by atoms with Crippen LogP contribution in [0.2, 0.25) is 5.02 Å². The zero-order valence-corrected chi connectivity index (χ0v) is 20.6. The Bertz CT molecular complexity index is 1200. The molecule has 0 fully saturated rings. The lowest BCUT2D eigenvalue weighted by atomic mass is 9.86. The molecule has 2 unspecified atom stereocenters. The third kappa shape index (κ3) is 4.66. The summed E-state index contributed by atoms with van der Waals surface area (Å²) in [5, 5.41) is 0.624. The van der Waals surface area contributed by atoms with Crippen molar-refractivity contribution in [3.05, 3.63) is 87.9 Å².